The highest BCUT2D eigenvalue weighted by molar-refractivity contribution is 6.30. The van der Waals surface area contributed by atoms with Gasteiger partial charge in [-0.25, -0.2) is 4.98 Å². The minimum Gasteiger partial charge on any atom is -0.496 e. The van der Waals surface area contributed by atoms with Crippen molar-refractivity contribution in [1.29, 1.82) is 0 Å². The second-order valence-electron chi connectivity index (χ2n) is 4.14. The number of methoxy groups -OCH3 is 1. The number of hydrogen-bond donors (Lipinski definition) is 1. The molecule has 2 rings (SSSR count). The molecule has 0 amide bonds. The molecule has 0 bridgehead atoms. The van der Waals surface area contributed by atoms with Gasteiger partial charge in [0.15, 0.2) is 0 Å². The van der Waals surface area contributed by atoms with E-state index in [0.717, 1.165) is 22.6 Å². The molecule has 0 aliphatic carbocycles. The topological polar surface area (TPSA) is 34.1 Å². The van der Waals surface area contributed by atoms with Crippen LogP contribution < -0.4 is 10.1 Å². The molecule has 0 atom stereocenters. The molecule has 1 heterocycles. The van der Waals surface area contributed by atoms with Crippen molar-refractivity contribution < 1.29 is 4.74 Å². The van der Waals surface area contributed by atoms with E-state index in [1.807, 2.05) is 25.1 Å². The van der Waals surface area contributed by atoms with Crippen molar-refractivity contribution in [1.82, 2.24) is 4.98 Å². The zero-order chi connectivity index (χ0) is 13.8. The van der Waals surface area contributed by atoms with Crippen LogP contribution in [0.15, 0.2) is 30.5 Å². The lowest BCUT2D eigenvalue weighted by Gasteiger charge is -2.11. The van der Waals surface area contributed by atoms with Crippen molar-refractivity contribution in [3.05, 3.63) is 51.8 Å². The summed E-state index contributed by atoms with van der Waals surface area (Å²) in [5.74, 6) is 0.801. The lowest BCUT2D eigenvalue weighted by atomic mass is 10.2. The van der Waals surface area contributed by atoms with E-state index in [0.29, 0.717) is 16.7 Å². The average molecular weight is 297 g/mol. The maximum Gasteiger partial charge on any atom is 0.132 e. The van der Waals surface area contributed by atoms with Crippen LogP contribution in [0, 0.1) is 6.92 Å². The molecule has 3 nitrogen and oxygen atoms in total. The highest BCUT2D eigenvalue weighted by atomic mass is 35.5. The van der Waals surface area contributed by atoms with Crippen molar-refractivity contribution in [3.63, 3.8) is 0 Å². The first-order valence-corrected chi connectivity index (χ1v) is 6.54. The van der Waals surface area contributed by atoms with E-state index in [2.05, 4.69) is 10.3 Å². The second-order valence-corrected chi connectivity index (χ2v) is 4.94. The molecule has 0 unspecified atom stereocenters. The third-order valence-electron chi connectivity index (χ3n) is 2.74. The van der Waals surface area contributed by atoms with Gasteiger partial charge in [0, 0.05) is 17.1 Å². The van der Waals surface area contributed by atoms with Gasteiger partial charge in [0.05, 0.1) is 19.0 Å². The number of aromatic nitrogens is 1. The predicted molar refractivity (Wildman–Crippen MR) is 79.3 cm³/mol. The van der Waals surface area contributed by atoms with Crippen molar-refractivity contribution >= 4 is 28.9 Å². The summed E-state index contributed by atoms with van der Waals surface area (Å²) in [5.41, 5.74) is 2.83. The molecule has 0 saturated heterocycles. The molecule has 1 aromatic carbocycles. The smallest absolute Gasteiger partial charge is 0.132 e. The summed E-state index contributed by atoms with van der Waals surface area (Å²) < 4.78 is 5.30. The summed E-state index contributed by atoms with van der Waals surface area (Å²) in [7, 11) is 1.64. The van der Waals surface area contributed by atoms with Crippen molar-refractivity contribution in [3.8, 4) is 5.75 Å². The first-order valence-electron chi connectivity index (χ1n) is 5.78. The van der Waals surface area contributed by atoms with Gasteiger partial charge in [-0.15, -0.1) is 0 Å². The van der Waals surface area contributed by atoms with Crippen molar-refractivity contribution in [2.45, 2.75) is 13.5 Å². The normalized spacial score (nSPS) is 10.3. The Morgan fingerprint density at radius 1 is 1.26 bits per heavy atom. The third-order valence-corrected chi connectivity index (χ3v) is 3.37. The summed E-state index contributed by atoms with van der Waals surface area (Å²) in [5, 5.41) is 4.47. The maximum atomic E-state index is 5.99. The van der Waals surface area contributed by atoms with Gasteiger partial charge in [-0.2, -0.15) is 0 Å². The molecular weight excluding hydrogens is 283 g/mol. The van der Waals surface area contributed by atoms with E-state index in [9.17, 15) is 0 Å². The maximum absolute atomic E-state index is 5.99. The number of nitrogens with one attached hydrogen (secondary N) is 1. The minimum absolute atomic E-state index is 0.519. The molecule has 1 N–H and O–H groups in total. The molecule has 1 aromatic heterocycles. The van der Waals surface area contributed by atoms with Gasteiger partial charge in [-0.1, -0.05) is 23.2 Å². The summed E-state index contributed by atoms with van der Waals surface area (Å²) in [6.07, 6.45) is 1.70. The van der Waals surface area contributed by atoms with Crippen LogP contribution in [0.2, 0.25) is 10.2 Å². The molecule has 2 aromatic rings. The average Bonchev–Trinajstić information content (AvgIpc) is 2.40. The van der Waals surface area contributed by atoms with Crippen LogP contribution in [0.4, 0.5) is 5.69 Å². The quantitative estimate of drug-likeness (QED) is 0.853. The Morgan fingerprint density at radius 2 is 2.05 bits per heavy atom. The fourth-order valence-electron chi connectivity index (χ4n) is 1.74. The molecule has 0 radical (unpaired) electrons. The largest absolute Gasteiger partial charge is 0.496 e. The molecule has 5 heteroatoms. The Labute approximate surface area is 122 Å². The van der Waals surface area contributed by atoms with Gasteiger partial charge in [0.25, 0.3) is 0 Å². The van der Waals surface area contributed by atoms with Crippen LogP contribution in [0.3, 0.4) is 0 Å². The zero-order valence-electron chi connectivity index (χ0n) is 10.7. The number of benzene rings is 1. The Bertz CT molecular complexity index is 588. The van der Waals surface area contributed by atoms with E-state index in [1.54, 1.807) is 19.4 Å². The third kappa shape index (κ3) is 3.52. The van der Waals surface area contributed by atoms with Crippen LogP contribution in [-0.2, 0) is 6.54 Å². The number of ether oxygens (including phenoxy) is 1. The Balaban J connectivity index is 2.13. The van der Waals surface area contributed by atoms with Crippen LogP contribution in [-0.4, -0.2) is 12.1 Å². The van der Waals surface area contributed by atoms with Gasteiger partial charge in [-0.05, 0) is 36.8 Å². The van der Waals surface area contributed by atoms with Crippen LogP contribution >= 0.6 is 23.2 Å². The van der Waals surface area contributed by atoms with E-state index < -0.39 is 0 Å². The van der Waals surface area contributed by atoms with E-state index in [4.69, 9.17) is 27.9 Å². The zero-order valence-corrected chi connectivity index (χ0v) is 12.2. The molecule has 0 fully saturated rings. The van der Waals surface area contributed by atoms with Gasteiger partial charge in [0.2, 0.25) is 0 Å². The summed E-state index contributed by atoms with van der Waals surface area (Å²) >= 11 is 11.9. The van der Waals surface area contributed by atoms with Gasteiger partial charge in [-0.3, -0.25) is 0 Å². The first-order chi connectivity index (χ1) is 9.10. The second kappa shape index (κ2) is 6.13. The first kappa shape index (κ1) is 14.0. The van der Waals surface area contributed by atoms with Gasteiger partial charge < -0.3 is 10.1 Å². The molecule has 0 spiro atoms. The monoisotopic (exact) mass is 296 g/mol. The van der Waals surface area contributed by atoms with E-state index >= 15 is 0 Å². The van der Waals surface area contributed by atoms with E-state index in [1.165, 1.54) is 0 Å². The van der Waals surface area contributed by atoms with Crippen LogP contribution in [0.5, 0.6) is 5.75 Å². The van der Waals surface area contributed by atoms with E-state index in [-0.39, 0.29) is 0 Å². The molecule has 100 valence electrons. The van der Waals surface area contributed by atoms with Gasteiger partial charge >= 0.3 is 0 Å². The SMILES string of the molecule is COc1ccc(Cl)cc1CNc1cnc(Cl)c(C)c1. The Hall–Kier alpha value is -1.45. The summed E-state index contributed by atoms with van der Waals surface area (Å²) in [4.78, 5) is 4.10. The lowest BCUT2D eigenvalue weighted by Crippen LogP contribution is -2.02. The number of pyridine rings is 1. The molecular formula is C14H14Cl2N2O. The fourth-order valence-corrected chi connectivity index (χ4v) is 2.04. The fraction of sp³-hybridized carbons (Fsp3) is 0.214. The standard InChI is InChI=1S/C14H14Cl2N2O/c1-9-5-12(8-18-14(9)16)17-7-10-6-11(15)3-4-13(10)19-2/h3-6,8,17H,7H2,1-2H3. The molecule has 0 aliphatic rings. The number of nitrogens with zero attached hydrogens (tertiary/aromatic N) is 1. The van der Waals surface area contributed by atoms with Crippen molar-refractivity contribution in [2.24, 2.45) is 0 Å². The molecule has 0 saturated carbocycles. The summed E-state index contributed by atoms with van der Waals surface area (Å²) in [6, 6.07) is 7.48. The van der Waals surface area contributed by atoms with Crippen molar-refractivity contribution in [2.75, 3.05) is 12.4 Å². The minimum atomic E-state index is 0.519. The number of anilines is 1. The summed E-state index contributed by atoms with van der Waals surface area (Å²) in [6.45, 7) is 2.52. The Kier molecular flexibility index (Phi) is 4.51. The van der Waals surface area contributed by atoms with Gasteiger partial charge in [0.1, 0.15) is 10.9 Å². The molecule has 0 aliphatic heterocycles. The number of aryl methyl sites for hydroxylation is 1. The highest BCUT2D eigenvalue weighted by Crippen LogP contribution is 2.24. The number of rotatable bonds is 4. The number of hydrogen-bond acceptors (Lipinski definition) is 3. The predicted octanol–water partition coefficient (Wildman–Crippen LogP) is 4.32. The highest BCUT2D eigenvalue weighted by Gasteiger charge is 2.05. The van der Waals surface area contributed by atoms with Crippen LogP contribution in [0.1, 0.15) is 11.1 Å². The Morgan fingerprint density at radius 3 is 2.74 bits per heavy atom. The number of halogens is 2. The lowest BCUT2D eigenvalue weighted by molar-refractivity contribution is 0.410. The van der Waals surface area contributed by atoms with Crippen LogP contribution in [0.25, 0.3) is 0 Å². The molecule has 19 heavy (non-hydrogen) atoms.